The molecule has 1 aromatic carbocycles. The molecular formula is C14H13ClFN3O2. The van der Waals surface area contributed by atoms with E-state index in [0.717, 1.165) is 0 Å². The Hall–Kier alpha value is -2.21. The zero-order valence-electron chi connectivity index (χ0n) is 11.5. The molecule has 0 spiro atoms. The van der Waals surface area contributed by atoms with Gasteiger partial charge in [-0.25, -0.2) is 19.2 Å². The Morgan fingerprint density at radius 3 is 2.81 bits per heavy atom. The minimum atomic E-state index is -0.517. The quantitative estimate of drug-likeness (QED) is 0.695. The minimum Gasteiger partial charge on any atom is -0.465 e. The topological polar surface area (TPSA) is 64.1 Å². The molecule has 0 unspecified atom stereocenters. The first-order valence-corrected chi connectivity index (χ1v) is 6.49. The number of ether oxygens (including phenoxy) is 1. The van der Waals surface area contributed by atoms with Crippen LogP contribution in [0.3, 0.4) is 0 Å². The number of esters is 1. The van der Waals surface area contributed by atoms with Gasteiger partial charge in [-0.2, -0.15) is 0 Å². The summed E-state index contributed by atoms with van der Waals surface area (Å²) in [6.07, 6.45) is 0. The third-order valence-corrected chi connectivity index (χ3v) is 2.93. The molecule has 0 saturated heterocycles. The van der Waals surface area contributed by atoms with Crippen molar-refractivity contribution in [3.63, 3.8) is 0 Å². The second kappa shape index (κ2) is 6.49. The third kappa shape index (κ3) is 3.88. The van der Waals surface area contributed by atoms with Crippen molar-refractivity contribution in [2.45, 2.75) is 13.5 Å². The fourth-order valence-electron chi connectivity index (χ4n) is 1.76. The average molecular weight is 310 g/mol. The van der Waals surface area contributed by atoms with Crippen molar-refractivity contribution in [1.82, 2.24) is 9.97 Å². The number of aromatic nitrogens is 2. The van der Waals surface area contributed by atoms with Crippen LogP contribution in [0.25, 0.3) is 0 Å². The number of carbonyl (C=O) groups excluding carboxylic acids is 1. The first kappa shape index (κ1) is 15.2. The molecule has 0 atom stereocenters. The lowest BCUT2D eigenvalue weighted by Crippen LogP contribution is -2.07. The zero-order valence-corrected chi connectivity index (χ0v) is 12.2. The number of anilines is 1. The first-order chi connectivity index (χ1) is 9.99. The van der Waals surface area contributed by atoms with Crippen LogP contribution in [0, 0.1) is 12.7 Å². The average Bonchev–Trinajstić information content (AvgIpc) is 2.44. The molecule has 1 aromatic heterocycles. The van der Waals surface area contributed by atoms with Gasteiger partial charge in [0.25, 0.3) is 0 Å². The third-order valence-electron chi connectivity index (χ3n) is 2.73. The van der Waals surface area contributed by atoms with Crippen molar-refractivity contribution in [3.05, 3.63) is 52.2 Å². The number of benzene rings is 1. The summed E-state index contributed by atoms with van der Waals surface area (Å²) in [5, 5.41) is 3.24. The van der Waals surface area contributed by atoms with Gasteiger partial charge < -0.3 is 10.1 Å². The highest BCUT2D eigenvalue weighted by molar-refractivity contribution is 6.29. The second-order valence-electron chi connectivity index (χ2n) is 4.27. The first-order valence-electron chi connectivity index (χ1n) is 6.11. The minimum absolute atomic E-state index is 0.156. The van der Waals surface area contributed by atoms with Crippen LogP contribution in [0.15, 0.2) is 24.3 Å². The summed E-state index contributed by atoms with van der Waals surface area (Å²) in [6.45, 7) is 1.86. The van der Waals surface area contributed by atoms with Crippen molar-refractivity contribution >= 4 is 23.4 Å². The van der Waals surface area contributed by atoms with Gasteiger partial charge in [-0.05, 0) is 25.1 Å². The molecule has 0 bridgehead atoms. The second-order valence-corrected chi connectivity index (χ2v) is 4.66. The summed E-state index contributed by atoms with van der Waals surface area (Å²) < 4.78 is 18.4. The summed E-state index contributed by atoms with van der Waals surface area (Å²) in [7, 11) is 1.27. The largest absolute Gasteiger partial charge is 0.465 e. The van der Waals surface area contributed by atoms with Crippen LogP contribution in [0.5, 0.6) is 0 Å². The number of aryl methyl sites for hydroxylation is 1. The van der Waals surface area contributed by atoms with Crippen LogP contribution in [0.2, 0.25) is 5.15 Å². The van der Waals surface area contributed by atoms with E-state index in [4.69, 9.17) is 11.6 Å². The van der Waals surface area contributed by atoms with Gasteiger partial charge >= 0.3 is 5.97 Å². The maximum Gasteiger partial charge on any atom is 0.337 e. The van der Waals surface area contributed by atoms with Gasteiger partial charge in [0, 0.05) is 18.2 Å². The Balaban J connectivity index is 2.17. The highest BCUT2D eigenvalue weighted by Crippen LogP contribution is 2.15. The SMILES string of the molecule is COC(=O)c1ccc(F)c(CNc2cc(Cl)nc(C)n2)c1. The van der Waals surface area contributed by atoms with Gasteiger partial charge in [-0.3, -0.25) is 0 Å². The Morgan fingerprint density at radius 1 is 1.38 bits per heavy atom. The van der Waals surface area contributed by atoms with Gasteiger partial charge in [-0.1, -0.05) is 11.6 Å². The van der Waals surface area contributed by atoms with Crippen molar-refractivity contribution in [3.8, 4) is 0 Å². The van der Waals surface area contributed by atoms with E-state index in [1.54, 1.807) is 6.92 Å². The Morgan fingerprint density at radius 2 is 2.14 bits per heavy atom. The number of hydrogen-bond donors (Lipinski definition) is 1. The lowest BCUT2D eigenvalue weighted by molar-refractivity contribution is 0.0600. The predicted molar refractivity (Wildman–Crippen MR) is 76.8 cm³/mol. The van der Waals surface area contributed by atoms with Crippen LogP contribution in [-0.4, -0.2) is 23.0 Å². The molecule has 7 heteroatoms. The lowest BCUT2D eigenvalue weighted by Gasteiger charge is -2.09. The number of methoxy groups -OCH3 is 1. The molecule has 0 radical (unpaired) electrons. The summed E-state index contributed by atoms with van der Waals surface area (Å²) >= 11 is 5.82. The van der Waals surface area contributed by atoms with Crippen LogP contribution in [0.1, 0.15) is 21.7 Å². The number of halogens is 2. The predicted octanol–water partition coefficient (Wildman–Crippen LogP) is 2.98. The maximum absolute atomic E-state index is 13.7. The van der Waals surface area contributed by atoms with Crippen molar-refractivity contribution in [2.24, 2.45) is 0 Å². The highest BCUT2D eigenvalue weighted by Gasteiger charge is 2.10. The molecule has 1 N–H and O–H groups in total. The summed E-state index contributed by atoms with van der Waals surface area (Å²) in [4.78, 5) is 19.5. The van der Waals surface area contributed by atoms with E-state index in [9.17, 15) is 9.18 Å². The number of carbonyl (C=O) groups is 1. The van der Waals surface area contributed by atoms with Gasteiger partial charge in [0.1, 0.15) is 22.6 Å². The maximum atomic E-state index is 13.7. The van der Waals surface area contributed by atoms with E-state index in [0.29, 0.717) is 22.4 Å². The van der Waals surface area contributed by atoms with E-state index in [2.05, 4.69) is 20.0 Å². The van der Waals surface area contributed by atoms with E-state index in [1.807, 2.05) is 0 Å². The fourth-order valence-corrected chi connectivity index (χ4v) is 1.99. The van der Waals surface area contributed by atoms with E-state index in [-0.39, 0.29) is 12.1 Å². The van der Waals surface area contributed by atoms with E-state index in [1.165, 1.54) is 31.4 Å². The monoisotopic (exact) mass is 309 g/mol. The van der Waals surface area contributed by atoms with Crippen molar-refractivity contribution in [1.29, 1.82) is 0 Å². The molecule has 1 heterocycles. The van der Waals surface area contributed by atoms with Gasteiger partial charge in [0.2, 0.25) is 0 Å². The van der Waals surface area contributed by atoms with Crippen LogP contribution < -0.4 is 5.32 Å². The van der Waals surface area contributed by atoms with E-state index >= 15 is 0 Å². The standard InChI is InChI=1S/C14H13ClFN3O2/c1-8-18-12(15)6-13(19-8)17-7-10-5-9(14(20)21-2)3-4-11(10)16/h3-6H,7H2,1-2H3,(H,17,18,19). The molecule has 0 aliphatic heterocycles. The van der Waals surface area contributed by atoms with Gasteiger partial charge in [0.05, 0.1) is 12.7 Å². The van der Waals surface area contributed by atoms with Gasteiger partial charge in [-0.15, -0.1) is 0 Å². The molecule has 2 aromatic rings. The van der Waals surface area contributed by atoms with Crippen molar-refractivity contribution in [2.75, 3.05) is 12.4 Å². The molecular weight excluding hydrogens is 297 g/mol. The zero-order chi connectivity index (χ0) is 15.4. The van der Waals surface area contributed by atoms with Crippen LogP contribution >= 0.6 is 11.6 Å². The summed E-state index contributed by atoms with van der Waals surface area (Å²) in [5.74, 6) is 0.0494. The molecule has 0 amide bonds. The Bertz CT molecular complexity index is 659. The molecule has 0 fully saturated rings. The molecule has 5 nitrogen and oxygen atoms in total. The van der Waals surface area contributed by atoms with Crippen molar-refractivity contribution < 1.29 is 13.9 Å². The number of hydrogen-bond acceptors (Lipinski definition) is 5. The Kier molecular flexibility index (Phi) is 4.70. The highest BCUT2D eigenvalue weighted by atomic mass is 35.5. The van der Waals surface area contributed by atoms with Crippen LogP contribution in [-0.2, 0) is 11.3 Å². The molecule has 0 aliphatic carbocycles. The van der Waals surface area contributed by atoms with E-state index < -0.39 is 11.8 Å². The van der Waals surface area contributed by atoms with Gasteiger partial charge in [0.15, 0.2) is 0 Å². The fraction of sp³-hybridized carbons (Fsp3) is 0.214. The summed E-state index contributed by atoms with van der Waals surface area (Å²) in [5.41, 5.74) is 0.609. The number of nitrogens with one attached hydrogen (secondary N) is 1. The molecule has 0 aliphatic rings. The normalized spacial score (nSPS) is 10.3. The molecule has 0 saturated carbocycles. The lowest BCUT2D eigenvalue weighted by atomic mass is 10.1. The number of nitrogens with zero attached hydrogens (tertiary/aromatic N) is 2. The van der Waals surface area contributed by atoms with Crippen LogP contribution in [0.4, 0.5) is 10.2 Å². The summed E-state index contributed by atoms with van der Waals surface area (Å²) in [6, 6.07) is 5.57. The molecule has 110 valence electrons. The molecule has 2 rings (SSSR count). The number of rotatable bonds is 4. The molecule has 21 heavy (non-hydrogen) atoms. The Labute approximate surface area is 126 Å². The smallest absolute Gasteiger partial charge is 0.337 e.